The van der Waals surface area contributed by atoms with E-state index in [1.54, 1.807) is 0 Å². The van der Waals surface area contributed by atoms with E-state index >= 15 is 0 Å². The molecule has 0 spiro atoms. The predicted molar refractivity (Wildman–Crippen MR) is 76.5 cm³/mol. The Bertz CT molecular complexity index is 390. The summed E-state index contributed by atoms with van der Waals surface area (Å²) < 4.78 is 0. The van der Waals surface area contributed by atoms with Crippen LogP contribution >= 0.6 is 0 Å². The average molecular weight is 246 g/mol. The molecule has 100 valence electrons. The van der Waals surface area contributed by atoms with E-state index in [0.717, 1.165) is 18.3 Å². The van der Waals surface area contributed by atoms with Gasteiger partial charge in [0.25, 0.3) is 0 Å². The van der Waals surface area contributed by atoms with E-state index in [4.69, 9.17) is 0 Å². The molecule has 0 amide bonds. The summed E-state index contributed by atoms with van der Waals surface area (Å²) in [6.07, 6.45) is 3.31. The van der Waals surface area contributed by atoms with Crippen molar-refractivity contribution in [1.29, 1.82) is 0 Å². The lowest BCUT2D eigenvalue weighted by atomic mass is 9.72. The first-order valence-corrected chi connectivity index (χ1v) is 7.25. The highest BCUT2D eigenvalue weighted by atomic mass is 16.3. The van der Waals surface area contributed by atoms with Crippen molar-refractivity contribution in [3.8, 4) is 0 Å². The van der Waals surface area contributed by atoms with Crippen LogP contribution in [0.4, 0.5) is 0 Å². The Labute approximate surface area is 111 Å². The van der Waals surface area contributed by atoms with Crippen molar-refractivity contribution in [3.63, 3.8) is 0 Å². The van der Waals surface area contributed by atoms with Crippen LogP contribution in [0.5, 0.6) is 0 Å². The monoisotopic (exact) mass is 246 g/mol. The summed E-state index contributed by atoms with van der Waals surface area (Å²) in [5.74, 6) is 1.99. The number of hydrogen-bond donors (Lipinski definition) is 1. The van der Waals surface area contributed by atoms with Gasteiger partial charge in [0.05, 0.1) is 6.10 Å². The van der Waals surface area contributed by atoms with Crippen molar-refractivity contribution in [2.45, 2.75) is 53.1 Å². The van der Waals surface area contributed by atoms with Gasteiger partial charge in [-0.3, -0.25) is 0 Å². The maximum atomic E-state index is 10.7. The van der Waals surface area contributed by atoms with E-state index in [1.807, 2.05) is 0 Å². The van der Waals surface area contributed by atoms with Gasteiger partial charge < -0.3 is 5.11 Å². The molecule has 1 aliphatic rings. The van der Waals surface area contributed by atoms with E-state index in [2.05, 4.69) is 45.9 Å². The molecule has 4 unspecified atom stereocenters. The van der Waals surface area contributed by atoms with Crippen LogP contribution in [0.15, 0.2) is 18.2 Å². The van der Waals surface area contributed by atoms with Crippen LogP contribution in [0.3, 0.4) is 0 Å². The maximum absolute atomic E-state index is 10.7. The lowest BCUT2D eigenvalue weighted by Crippen LogP contribution is -2.26. The first kappa shape index (κ1) is 13.6. The van der Waals surface area contributed by atoms with Gasteiger partial charge in [-0.1, -0.05) is 38.5 Å². The highest BCUT2D eigenvalue weighted by Crippen LogP contribution is 2.41. The maximum Gasteiger partial charge on any atom is 0.0823 e. The summed E-state index contributed by atoms with van der Waals surface area (Å²) in [7, 11) is 0. The quantitative estimate of drug-likeness (QED) is 0.819. The Balaban J connectivity index is 2.19. The number of rotatable bonds is 2. The molecule has 18 heavy (non-hydrogen) atoms. The van der Waals surface area contributed by atoms with Crippen molar-refractivity contribution >= 4 is 0 Å². The fourth-order valence-electron chi connectivity index (χ4n) is 3.41. The molecule has 1 aromatic carbocycles. The molecule has 1 saturated carbocycles. The van der Waals surface area contributed by atoms with Crippen LogP contribution in [-0.2, 0) is 0 Å². The molecular formula is C17H26O. The second-order valence-electron chi connectivity index (χ2n) is 6.28. The fraction of sp³-hybridized carbons (Fsp3) is 0.647. The van der Waals surface area contributed by atoms with Crippen molar-refractivity contribution < 1.29 is 5.11 Å². The summed E-state index contributed by atoms with van der Waals surface area (Å²) in [6.45, 7) is 8.89. The van der Waals surface area contributed by atoms with Crippen molar-refractivity contribution in [2.24, 2.45) is 17.8 Å². The van der Waals surface area contributed by atoms with Crippen LogP contribution < -0.4 is 0 Å². The van der Waals surface area contributed by atoms with Gasteiger partial charge in [0.1, 0.15) is 0 Å². The zero-order valence-corrected chi connectivity index (χ0v) is 12.1. The third-order valence-electron chi connectivity index (χ3n) is 4.92. The lowest BCUT2D eigenvalue weighted by molar-refractivity contribution is 0.0552. The molecular weight excluding hydrogens is 220 g/mol. The highest BCUT2D eigenvalue weighted by molar-refractivity contribution is 5.35. The van der Waals surface area contributed by atoms with Gasteiger partial charge in [0.2, 0.25) is 0 Å². The molecule has 0 saturated heterocycles. The van der Waals surface area contributed by atoms with E-state index in [9.17, 15) is 5.11 Å². The SMILES string of the molecule is Cc1cccc(C)c1C(O)C1CCC(C)C(C)C1. The zero-order valence-electron chi connectivity index (χ0n) is 12.1. The summed E-state index contributed by atoms with van der Waals surface area (Å²) in [6, 6.07) is 6.30. The topological polar surface area (TPSA) is 20.2 Å². The van der Waals surface area contributed by atoms with E-state index in [-0.39, 0.29) is 6.10 Å². The van der Waals surface area contributed by atoms with Crippen LogP contribution in [0.1, 0.15) is 55.9 Å². The largest absolute Gasteiger partial charge is 0.388 e. The van der Waals surface area contributed by atoms with Gasteiger partial charge in [-0.2, -0.15) is 0 Å². The minimum absolute atomic E-state index is 0.277. The van der Waals surface area contributed by atoms with Gasteiger partial charge in [0.15, 0.2) is 0 Å². The molecule has 0 heterocycles. The summed E-state index contributed by atoms with van der Waals surface area (Å²) in [4.78, 5) is 0. The Kier molecular flexibility index (Phi) is 4.11. The Morgan fingerprint density at radius 1 is 1.06 bits per heavy atom. The van der Waals surface area contributed by atoms with Gasteiger partial charge in [-0.25, -0.2) is 0 Å². The molecule has 0 aliphatic heterocycles. The van der Waals surface area contributed by atoms with E-state index in [1.165, 1.54) is 29.5 Å². The van der Waals surface area contributed by atoms with Crippen LogP contribution in [0, 0.1) is 31.6 Å². The normalized spacial score (nSPS) is 30.2. The molecule has 1 N–H and O–H groups in total. The first-order valence-electron chi connectivity index (χ1n) is 7.25. The Morgan fingerprint density at radius 2 is 1.67 bits per heavy atom. The third kappa shape index (κ3) is 2.61. The molecule has 0 aromatic heterocycles. The minimum atomic E-state index is -0.277. The second kappa shape index (κ2) is 5.44. The Hall–Kier alpha value is -0.820. The smallest absolute Gasteiger partial charge is 0.0823 e. The number of aryl methyl sites for hydroxylation is 2. The van der Waals surface area contributed by atoms with E-state index in [0.29, 0.717) is 5.92 Å². The van der Waals surface area contributed by atoms with Crippen molar-refractivity contribution in [1.82, 2.24) is 0 Å². The Morgan fingerprint density at radius 3 is 2.22 bits per heavy atom. The molecule has 1 heteroatoms. The van der Waals surface area contributed by atoms with Crippen molar-refractivity contribution in [3.05, 3.63) is 34.9 Å². The number of aliphatic hydroxyl groups excluding tert-OH is 1. The standard InChI is InChI=1S/C17H26O/c1-11-8-9-15(10-14(11)4)17(18)16-12(2)6-5-7-13(16)3/h5-7,11,14-15,17-18H,8-10H2,1-4H3. The molecule has 0 radical (unpaired) electrons. The average Bonchev–Trinajstić information content (AvgIpc) is 2.32. The summed E-state index contributed by atoms with van der Waals surface area (Å²) in [5.41, 5.74) is 3.63. The van der Waals surface area contributed by atoms with Gasteiger partial charge >= 0.3 is 0 Å². The second-order valence-corrected chi connectivity index (χ2v) is 6.28. The highest BCUT2D eigenvalue weighted by Gasteiger charge is 2.31. The van der Waals surface area contributed by atoms with Gasteiger partial charge in [0, 0.05) is 0 Å². The zero-order chi connectivity index (χ0) is 13.3. The van der Waals surface area contributed by atoms with Crippen LogP contribution in [-0.4, -0.2) is 5.11 Å². The molecule has 0 bridgehead atoms. The lowest BCUT2D eigenvalue weighted by Gasteiger charge is -2.35. The van der Waals surface area contributed by atoms with Crippen LogP contribution in [0.25, 0.3) is 0 Å². The van der Waals surface area contributed by atoms with E-state index < -0.39 is 0 Å². The molecule has 4 atom stereocenters. The molecule has 1 aromatic rings. The first-order chi connectivity index (χ1) is 8.50. The predicted octanol–water partition coefficient (Wildman–Crippen LogP) is 4.41. The van der Waals surface area contributed by atoms with Gasteiger partial charge in [-0.15, -0.1) is 0 Å². The minimum Gasteiger partial charge on any atom is -0.388 e. The summed E-state index contributed by atoms with van der Waals surface area (Å²) in [5, 5.41) is 10.7. The number of hydrogen-bond acceptors (Lipinski definition) is 1. The molecule has 1 fully saturated rings. The van der Waals surface area contributed by atoms with Crippen LogP contribution in [0.2, 0.25) is 0 Å². The van der Waals surface area contributed by atoms with Gasteiger partial charge in [-0.05, 0) is 61.1 Å². The molecule has 1 aliphatic carbocycles. The van der Waals surface area contributed by atoms with Crippen molar-refractivity contribution in [2.75, 3.05) is 0 Å². The summed E-state index contributed by atoms with van der Waals surface area (Å²) >= 11 is 0. The molecule has 1 nitrogen and oxygen atoms in total. The third-order valence-corrected chi connectivity index (χ3v) is 4.92. The fourth-order valence-corrected chi connectivity index (χ4v) is 3.41. The number of aliphatic hydroxyl groups is 1. The number of benzene rings is 1. The molecule has 2 rings (SSSR count).